The van der Waals surface area contributed by atoms with Crippen molar-refractivity contribution in [1.29, 1.82) is 0 Å². The number of aliphatic hydroxyl groups is 1. The summed E-state index contributed by atoms with van der Waals surface area (Å²) < 4.78 is 2.78. The molecule has 1 heterocycles. The first-order valence-corrected chi connectivity index (χ1v) is 6.15. The van der Waals surface area contributed by atoms with Crippen molar-refractivity contribution in [3.63, 3.8) is 0 Å². The van der Waals surface area contributed by atoms with Gasteiger partial charge in [-0.1, -0.05) is 0 Å². The lowest BCUT2D eigenvalue weighted by atomic mass is 10.2. The molecular weight excluding hydrogens is 272 g/mol. The van der Waals surface area contributed by atoms with Crippen LogP contribution in [0.1, 0.15) is 30.8 Å². The van der Waals surface area contributed by atoms with Crippen LogP contribution in [-0.2, 0) is 6.54 Å². The lowest BCUT2D eigenvalue weighted by Gasteiger charge is -2.13. The van der Waals surface area contributed by atoms with Gasteiger partial charge < -0.3 is 15.0 Å². The molecule has 90 valence electrons. The van der Waals surface area contributed by atoms with Crippen LogP contribution < -0.4 is 5.32 Å². The molecule has 1 amide bonds. The van der Waals surface area contributed by atoms with Gasteiger partial charge in [0.15, 0.2) is 0 Å². The van der Waals surface area contributed by atoms with Crippen molar-refractivity contribution in [3.05, 3.63) is 22.4 Å². The normalized spacial score (nSPS) is 12.5. The van der Waals surface area contributed by atoms with E-state index < -0.39 is 0 Å². The fourth-order valence-corrected chi connectivity index (χ4v) is 1.95. The van der Waals surface area contributed by atoms with E-state index >= 15 is 0 Å². The summed E-state index contributed by atoms with van der Waals surface area (Å²) in [6.07, 6.45) is 2.45. The Labute approximate surface area is 104 Å². The number of nitrogens with one attached hydrogen (secondary N) is 1. The standard InChI is InChI=1S/C11H17BrN2O2/c1-3-14-7-9(12)6-10(14)11(16)13-8(2)4-5-15/h6-8,15H,3-5H2,1-2H3,(H,13,16). The molecule has 0 aliphatic heterocycles. The van der Waals surface area contributed by atoms with E-state index in [0.29, 0.717) is 12.1 Å². The van der Waals surface area contributed by atoms with Crippen molar-refractivity contribution >= 4 is 21.8 Å². The highest BCUT2D eigenvalue weighted by atomic mass is 79.9. The van der Waals surface area contributed by atoms with Gasteiger partial charge in [0.05, 0.1) is 0 Å². The molecule has 1 aromatic heterocycles. The number of halogens is 1. The first-order valence-electron chi connectivity index (χ1n) is 5.35. The predicted molar refractivity (Wildman–Crippen MR) is 66.4 cm³/mol. The number of nitrogens with zero attached hydrogens (tertiary/aromatic N) is 1. The summed E-state index contributed by atoms with van der Waals surface area (Å²) in [4.78, 5) is 11.9. The summed E-state index contributed by atoms with van der Waals surface area (Å²) in [5, 5.41) is 11.6. The van der Waals surface area contributed by atoms with Crippen LogP contribution in [-0.4, -0.2) is 28.2 Å². The number of hydrogen-bond acceptors (Lipinski definition) is 2. The second kappa shape index (κ2) is 6.06. The van der Waals surface area contributed by atoms with Gasteiger partial charge in [-0.2, -0.15) is 0 Å². The average Bonchev–Trinajstić information content (AvgIpc) is 2.59. The Hall–Kier alpha value is -0.810. The highest BCUT2D eigenvalue weighted by Gasteiger charge is 2.14. The Morgan fingerprint density at radius 2 is 2.38 bits per heavy atom. The largest absolute Gasteiger partial charge is 0.396 e. The predicted octanol–water partition coefficient (Wildman–Crippen LogP) is 1.77. The third-order valence-corrected chi connectivity index (χ3v) is 2.81. The maximum absolute atomic E-state index is 11.9. The molecule has 5 heteroatoms. The smallest absolute Gasteiger partial charge is 0.268 e. The van der Waals surface area contributed by atoms with Gasteiger partial charge in [-0.25, -0.2) is 0 Å². The molecule has 0 aliphatic rings. The molecule has 1 unspecified atom stereocenters. The molecule has 4 nitrogen and oxygen atoms in total. The zero-order valence-electron chi connectivity index (χ0n) is 9.53. The number of amides is 1. The number of carbonyl (C=O) groups excluding carboxylic acids is 1. The molecule has 0 bridgehead atoms. The molecule has 0 spiro atoms. The second-order valence-corrected chi connectivity index (χ2v) is 4.63. The molecule has 0 aliphatic carbocycles. The van der Waals surface area contributed by atoms with Crippen LogP contribution in [0.25, 0.3) is 0 Å². The average molecular weight is 289 g/mol. The Bertz CT molecular complexity index is 363. The SMILES string of the molecule is CCn1cc(Br)cc1C(=O)NC(C)CCO. The van der Waals surface area contributed by atoms with Crippen LogP contribution in [0, 0.1) is 0 Å². The quantitative estimate of drug-likeness (QED) is 0.868. The molecule has 0 saturated heterocycles. The molecule has 0 fully saturated rings. The topological polar surface area (TPSA) is 54.3 Å². The summed E-state index contributed by atoms with van der Waals surface area (Å²) in [6.45, 7) is 4.70. The molecule has 1 rings (SSSR count). The Balaban J connectivity index is 2.72. The minimum atomic E-state index is -0.103. The number of aliphatic hydroxyl groups excluding tert-OH is 1. The highest BCUT2D eigenvalue weighted by Crippen LogP contribution is 2.15. The summed E-state index contributed by atoms with van der Waals surface area (Å²) in [5.74, 6) is -0.103. The van der Waals surface area contributed by atoms with Crippen LogP contribution in [0.15, 0.2) is 16.7 Å². The third kappa shape index (κ3) is 3.35. The number of carbonyl (C=O) groups is 1. The highest BCUT2D eigenvalue weighted by molar-refractivity contribution is 9.10. The molecule has 1 atom stereocenters. The van der Waals surface area contributed by atoms with E-state index in [0.717, 1.165) is 11.0 Å². The Kier molecular flexibility index (Phi) is 5.02. The van der Waals surface area contributed by atoms with E-state index in [1.165, 1.54) is 0 Å². The van der Waals surface area contributed by atoms with Crippen molar-refractivity contribution in [2.24, 2.45) is 0 Å². The van der Waals surface area contributed by atoms with Gasteiger partial charge in [-0.05, 0) is 42.3 Å². The van der Waals surface area contributed by atoms with Gasteiger partial charge in [-0.3, -0.25) is 4.79 Å². The monoisotopic (exact) mass is 288 g/mol. The van der Waals surface area contributed by atoms with Gasteiger partial charge in [-0.15, -0.1) is 0 Å². The molecule has 0 aromatic carbocycles. The second-order valence-electron chi connectivity index (χ2n) is 3.72. The molecular formula is C11H17BrN2O2. The molecule has 16 heavy (non-hydrogen) atoms. The van der Waals surface area contributed by atoms with Crippen molar-refractivity contribution < 1.29 is 9.90 Å². The van der Waals surface area contributed by atoms with E-state index in [1.54, 1.807) is 6.07 Å². The van der Waals surface area contributed by atoms with E-state index in [1.807, 2.05) is 24.6 Å². The lowest BCUT2D eigenvalue weighted by molar-refractivity contribution is 0.0925. The molecule has 0 saturated carbocycles. The van der Waals surface area contributed by atoms with E-state index in [4.69, 9.17) is 5.11 Å². The zero-order chi connectivity index (χ0) is 12.1. The van der Waals surface area contributed by atoms with Crippen molar-refractivity contribution in [2.75, 3.05) is 6.61 Å². The van der Waals surface area contributed by atoms with Crippen molar-refractivity contribution in [3.8, 4) is 0 Å². The Morgan fingerprint density at radius 1 is 1.69 bits per heavy atom. The van der Waals surface area contributed by atoms with Crippen LogP contribution in [0.4, 0.5) is 0 Å². The van der Waals surface area contributed by atoms with Crippen molar-refractivity contribution in [2.45, 2.75) is 32.9 Å². The zero-order valence-corrected chi connectivity index (χ0v) is 11.1. The van der Waals surface area contributed by atoms with Crippen LogP contribution in [0.3, 0.4) is 0 Å². The molecule has 2 N–H and O–H groups in total. The van der Waals surface area contributed by atoms with E-state index in [2.05, 4.69) is 21.2 Å². The van der Waals surface area contributed by atoms with Crippen LogP contribution >= 0.6 is 15.9 Å². The number of aromatic nitrogens is 1. The number of aryl methyl sites for hydroxylation is 1. The van der Waals surface area contributed by atoms with Gasteiger partial charge in [0.2, 0.25) is 0 Å². The first kappa shape index (κ1) is 13.3. The summed E-state index contributed by atoms with van der Waals surface area (Å²) in [5.41, 5.74) is 0.638. The fraction of sp³-hybridized carbons (Fsp3) is 0.545. The number of rotatable bonds is 5. The Morgan fingerprint density at radius 3 is 2.94 bits per heavy atom. The summed E-state index contributed by atoms with van der Waals surface area (Å²) >= 11 is 3.35. The number of hydrogen-bond donors (Lipinski definition) is 2. The minimum Gasteiger partial charge on any atom is -0.396 e. The maximum Gasteiger partial charge on any atom is 0.268 e. The third-order valence-electron chi connectivity index (χ3n) is 2.38. The van der Waals surface area contributed by atoms with Gasteiger partial charge in [0, 0.05) is 29.9 Å². The summed E-state index contributed by atoms with van der Waals surface area (Å²) in [7, 11) is 0. The maximum atomic E-state index is 11.9. The van der Waals surface area contributed by atoms with Crippen LogP contribution in [0.2, 0.25) is 0 Å². The van der Waals surface area contributed by atoms with Gasteiger partial charge in [0.1, 0.15) is 5.69 Å². The van der Waals surface area contributed by atoms with Crippen LogP contribution in [0.5, 0.6) is 0 Å². The fourth-order valence-electron chi connectivity index (χ4n) is 1.49. The van der Waals surface area contributed by atoms with E-state index in [-0.39, 0.29) is 18.6 Å². The molecule has 0 radical (unpaired) electrons. The minimum absolute atomic E-state index is 0.0171. The lowest BCUT2D eigenvalue weighted by Crippen LogP contribution is -2.34. The summed E-state index contributed by atoms with van der Waals surface area (Å²) in [6, 6.07) is 1.78. The first-order chi connectivity index (χ1) is 7.58. The van der Waals surface area contributed by atoms with Crippen molar-refractivity contribution in [1.82, 2.24) is 9.88 Å². The van der Waals surface area contributed by atoms with Gasteiger partial charge >= 0.3 is 0 Å². The molecule has 1 aromatic rings. The van der Waals surface area contributed by atoms with Gasteiger partial charge in [0.25, 0.3) is 5.91 Å². The van der Waals surface area contributed by atoms with E-state index in [9.17, 15) is 4.79 Å².